The minimum Gasteiger partial charge on any atom is -0.495 e. The summed E-state index contributed by atoms with van der Waals surface area (Å²) in [6.45, 7) is 1.43. The van der Waals surface area contributed by atoms with Crippen LogP contribution < -0.4 is 4.74 Å². The van der Waals surface area contributed by atoms with Crippen LogP contribution in [-0.4, -0.2) is 12.9 Å². The maximum Gasteiger partial charge on any atom is 0.141 e. The first-order valence-corrected chi connectivity index (χ1v) is 4.43. The highest BCUT2D eigenvalue weighted by Gasteiger charge is 2.11. The summed E-state index contributed by atoms with van der Waals surface area (Å²) in [6.07, 6.45) is 0.126. The lowest BCUT2D eigenvalue weighted by molar-refractivity contribution is -0.116. The Bertz CT molecular complexity index is 363. The second kappa shape index (κ2) is 4.42. The zero-order chi connectivity index (χ0) is 10.7. The number of methoxy groups -OCH3 is 1. The van der Waals surface area contributed by atoms with Crippen molar-refractivity contribution in [1.29, 1.82) is 0 Å². The van der Waals surface area contributed by atoms with Gasteiger partial charge < -0.3 is 4.74 Å². The van der Waals surface area contributed by atoms with Crippen molar-refractivity contribution in [2.75, 3.05) is 7.11 Å². The van der Waals surface area contributed by atoms with E-state index in [9.17, 15) is 9.18 Å². The van der Waals surface area contributed by atoms with Crippen molar-refractivity contribution in [1.82, 2.24) is 0 Å². The van der Waals surface area contributed by atoms with Crippen LogP contribution >= 0.6 is 11.6 Å². The molecule has 0 N–H and O–H groups in total. The molecule has 0 atom stereocenters. The van der Waals surface area contributed by atoms with E-state index in [0.29, 0.717) is 11.3 Å². The van der Waals surface area contributed by atoms with E-state index in [1.807, 2.05) is 0 Å². The van der Waals surface area contributed by atoms with Crippen LogP contribution in [0.15, 0.2) is 12.1 Å². The van der Waals surface area contributed by atoms with Gasteiger partial charge in [-0.05, 0) is 19.1 Å². The molecule has 0 aliphatic rings. The molecule has 0 saturated carbocycles. The first-order chi connectivity index (χ1) is 6.54. The number of Topliss-reactive ketones (excluding diaryl/α,β-unsaturated/α-hetero) is 1. The van der Waals surface area contributed by atoms with E-state index >= 15 is 0 Å². The number of benzene rings is 1. The number of halogens is 2. The second-order valence-corrected chi connectivity index (χ2v) is 3.37. The molecule has 0 radical (unpaired) electrons. The van der Waals surface area contributed by atoms with Crippen LogP contribution in [0.4, 0.5) is 4.39 Å². The summed E-state index contributed by atoms with van der Waals surface area (Å²) in [5.74, 6) is -0.166. The molecular formula is C10H10ClFO2. The highest BCUT2D eigenvalue weighted by Crippen LogP contribution is 2.30. The highest BCUT2D eigenvalue weighted by molar-refractivity contribution is 6.32. The smallest absolute Gasteiger partial charge is 0.141 e. The second-order valence-electron chi connectivity index (χ2n) is 2.96. The minimum absolute atomic E-state index is 0.0648. The molecule has 0 bridgehead atoms. The van der Waals surface area contributed by atoms with Crippen LogP contribution in [0.5, 0.6) is 5.75 Å². The third-order valence-electron chi connectivity index (χ3n) is 1.73. The summed E-state index contributed by atoms with van der Waals surface area (Å²) in [5.41, 5.74) is 0.477. The Kier molecular flexibility index (Phi) is 3.47. The van der Waals surface area contributed by atoms with Gasteiger partial charge in [0.1, 0.15) is 17.3 Å². The molecule has 76 valence electrons. The lowest BCUT2D eigenvalue weighted by atomic mass is 10.1. The number of carbonyl (C=O) groups excluding carboxylic acids is 1. The fraction of sp³-hybridized carbons (Fsp3) is 0.300. The number of hydrogen-bond acceptors (Lipinski definition) is 2. The van der Waals surface area contributed by atoms with Gasteiger partial charge in [0.2, 0.25) is 0 Å². The van der Waals surface area contributed by atoms with E-state index in [2.05, 4.69) is 0 Å². The average molecular weight is 217 g/mol. The summed E-state index contributed by atoms with van der Waals surface area (Å²) in [6, 6.07) is 2.41. The largest absolute Gasteiger partial charge is 0.495 e. The van der Waals surface area contributed by atoms with Crippen molar-refractivity contribution >= 4 is 17.4 Å². The molecule has 0 unspecified atom stereocenters. The Labute approximate surface area is 86.6 Å². The number of ether oxygens (including phenoxy) is 1. The summed E-state index contributed by atoms with van der Waals surface area (Å²) < 4.78 is 17.9. The quantitative estimate of drug-likeness (QED) is 0.777. The Balaban J connectivity index is 3.17. The first kappa shape index (κ1) is 11.0. The monoisotopic (exact) mass is 216 g/mol. The lowest BCUT2D eigenvalue weighted by Crippen LogP contribution is -2.00. The van der Waals surface area contributed by atoms with Crippen LogP contribution in [0, 0.1) is 5.82 Å². The van der Waals surface area contributed by atoms with Gasteiger partial charge in [0.25, 0.3) is 0 Å². The minimum atomic E-state index is -0.466. The molecule has 0 amide bonds. The van der Waals surface area contributed by atoms with E-state index in [-0.39, 0.29) is 17.2 Å². The molecule has 0 heterocycles. The molecule has 0 spiro atoms. The third-order valence-corrected chi connectivity index (χ3v) is 2.01. The molecule has 1 rings (SSSR count). The van der Waals surface area contributed by atoms with Crippen LogP contribution in [0.3, 0.4) is 0 Å². The van der Waals surface area contributed by atoms with E-state index in [4.69, 9.17) is 16.3 Å². The van der Waals surface area contributed by atoms with Crippen LogP contribution in [0.2, 0.25) is 5.02 Å². The van der Waals surface area contributed by atoms with Gasteiger partial charge in [-0.15, -0.1) is 0 Å². The maximum absolute atomic E-state index is 12.9. The van der Waals surface area contributed by atoms with Crippen LogP contribution in [-0.2, 0) is 11.2 Å². The van der Waals surface area contributed by atoms with Gasteiger partial charge in [-0.3, -0.25) is 4.79 Å². The van der Waals surface area contributed by atoms with E-state index in [1.54, 1.807) is 0 Å². The third kappa shape index (κ3) is 2.45. The van der Waals surface area contributed by atoms with E-state index in [1.165, 1.54) is 20.1 Å². The molecule has 2 nitrogen and oxygen atoms in total. The lowest BCUT2D eigenvalue weighted by Gasteiger charge is -2.08. The Morgan fingerprint density at radius 2 is 2.21 bits per heavy atom. The Morgan fingerprint density at radius 3 is 2.71 bits per heavy atom. The fourth-order valence-electron chi connectivity index (χ4n) is 1.24. The van der Waals surface area contributed by atoms with Crippen molar-refractivity contribution in [3.8, 4) is 5.75 Å². The van der Waals surface area contributed by atoms with Crippen molar-refractivity contribution in [3.63, 3.8) is 0 Å². The van der Waals surface area contributed by atoms with Crippen LogP contribution in [0.1, 0.15) is 12.5 Å². The van der Waals surface area contributed by atoms with Crippen molar-refractivity contribution in [2.24, 2.45) is 0 Å². The summed E-state index contributed by atoms with van der Waals surface area (Å²) in [4.78, 5) is 10.9. The number of rotatable bonds is 3. The Hall–Kier alpha value is -1.09. The molecular weight excluding hydrogens is 207 g/mol. The normalized spacial score (nSPS) is 10.0. The summed E-state index contributed by atoms with van der Waals surface area (Å²) >= 11 is 5.74. The summed E-state index contributed by atoms with van der Waals surface area (Å²) in [7, 11) is 1.43. The van der Waals surface area contributed by atoms with Gasteiger partial charge in [-0.25, -0.2) is 4.39 Å². The van der Waals surface area contributed by atoms with Gasteiger partial charge in [-0.1, -0.05) is 11.6 Å². The molecule has 0 aliphatic heterocycles. The van der Waals surface area contributed by atoms with Gasteiger partial charge in [-0.2, -0.15) is 0 Å². The molecule has 0 aromatic heterocycles. The molecule has 4 heteroatoms. The molecule has 0 saturated heterocycles. The van der Waals surface area contributed by atoms with Crippen LogP contribution in [0.25, 0.3) is 0 Å². The first-order valence-electron chi connectivity index (χ1n) is 4.06. The maximum atomic E-state index is 12.9. The molecule has 1 aromatic carbocycles. The highest BCUT2D eigenvalue weighted by atomic mass is 35.5. The van der Waals surface area contributed by atoms with Gasteiger partial charge in [0.05, 0.1) is 12.1 Å². The van der Waals surface area contributed by atoms with Gasteiger partial charge in [0.15, 0.2) is 0 Å². The zero-order valence-corrected chi connectivity index (χ0v) is 8.69. The SMILES string of the molecule is COc1c(Cl)cc(F)cc1CC(C)=O. The standard InChI is InChI=1S/C10H10ClFO2/c1-6(13)3-7-4-8(12)5-9(11)10(7)14-2/h4-5H,3H2,1-2H3. The molecule has 0 fully saturated rings. The molecule has 14 heavy (non-hydrogen) atoms. The Morgan fingerprint density at radius 1 is 1.57 bits per heavy atom. The zero-order valence-electron chi connectivity index (χ0n) is 7.93. The average Bonchev–Trinajstić information content (AvgIpc) is 2.01. The predicted octanol–water partition coefficient (Wildman–Crippen LogP) is 2.62. The number of ketones is 1. The number of carbonyl (C=O) groups is 1. The van der Waals surface area contributed by atoms with Crippen molar-refractivity contribution in [2.45, 2.75) is 13.3 Å². The molecule has 0 aliphatic carbocycles. The topological polar surface area (TPSA) is 26.3 Å². The van der Waals surface area contributed by atoms with E-state index < -0.39 is 5.82 Å². The molecule has 1 aromatic rings. The summed E-state index contributed by atoms with van der Waals surface area (Å²) in [5, 5.41) is 0.184. The predicted molar refractivity (Wildman–Crippen MR) is 52.3 cm³/mol. The van der Waals surface area contributed by atoms with Crippen molar-refractivity contribution < 1.29 is 13.9 Å². The van der Waals surface area contributed by atoms with Gasteiger partial charge in [0, 0.05) is 12.0 Å². The fourth-order valence-corrected chi connectivity index (χ4v) is 1.54. The van der Waals surface area contributed by atoms with Crippen molar-refractivity contribution in [3.05, 3.63) is 28.5 Å². The van der Waals surface area contributed by atoms with Gasteiger partial charge >= 0.3 is 0 Å². The van der Waals surface area contributed by atoms with E-state index in [0.717, 1.165) is 6.07 Å². The number of hydrogen-bond donors (Lipinski definition) is 0.